The molecule has 0 saturated carbocycles. The van der Waals surface area contributed by atoms with Crippen molar-refractivity contribution in [1.29, 1.82) is 0 Å². The zero-order chi connectivity index (χ0) is 9.14. The van der Waals surface area contributed by atoms with Crippen LogP contribution in [0.3, 0.4) is 0 Å². The number of hydrogen-bond donors (Lipinski definition) is 2. The molecule has 3 N–H and O–H groups in total. The lowest BCUT2D eigenvalue weighted by Crippen LogP contribution is -2.45. The quantitative estimate of drug-likeness (QED) is 0.315. The van der Waals surface area contributed by atoms with E-state index in [1.165, 1.54) is 17.1 Å². The van der Waals surface area contributed by atoms with Crippen LogP contribution in [0.1, 0.15) is 6.92 Å². The minimum atomic E-state index is -0.275. The maximum atomic E-state index is 11.1. The Hall–Kier alpha value is -1.20. The molecule has 0 radical (unpaired) electrons. The molecule has 1 unspecified atom stereocenters. The van der Waals surface area contributed by atoms with E-state index in [1.807, 2.05) is 0 Å². The molecule has 0 bridgehead atoms. The molecule has 0 aliphatic carbocycles. The molecule has 2 amide bonds. The Morgan fingerprint density at radius 1 is 1.50 bits per heavy atom. The summed E-state index contributed by atoms with van der Waals surface area (Å²) in [4.78, 5) is 23.3. The molecule has 12 heavy (non-hydrogen) atoms. The van der Waals surface area contributed by atoms with Gasteiger partial charge in [-0.15, -0.1) is 0 Å². The SMILES string of the molecule is CC(CNN)N1C(=O)C=CC1=O. The highest BCUT2D eigenvalue weighted by Crippen LogP contribution is 2.07. The predicted molar refractivity (Wildman–Crippen MR) is 42.6 cm³/mol. The summed E-state index contributed by atoms with van der Waals surface area (Å²) in [6.07, 6.45) is 2.52. The number of carbonyl (C=O) groups is 2. The van der Waals surface area contributed by atoms with E-state index in [0.29, 0.717) is 6.54 Å². The smallest absolute Gasteiger partial charge is 0.253 e. The van der Waals surface area contributed by atoms with Crippen molar-refractivity contribution in [3.63, 3.8) is 0 Å². The van der Waals surface area contributed by atoms with Crippen LogP contribution in [0.25, 0.3) is 0 Å². The van der Waals surface area contributed by atoms with Crippen molar-refractivity contribution in [2.75, 3.05) is 6.54 Å². The molecule has 5 nitrogen and oxygen atoms in total. The van der Waals surface area contributed by atoms with Crippen LogP contribution in [-0.4, -0.2) is 29.3 Å². The molecular formula is C7H11N3O2. The molecule has 1 rings (SSSR count). The van der Waals surface area contributed by atoms with Gasteiger partial charge in [-0.25, -0.2) is 0 Å². The lowest BCUT2D eigenvalue weighted by Gasteiger charge is -2.21. The van der Waals surface area contributed by atoms with E-state index in [4.69, 9.17) is 5.84 Å². The first-order valence-electron chi connectivity index (χ1n) is 3.65. The Kier molecular flexibility index (Phi) is 2.57. The Morgan fingerprint density at radius 3 is 2.42 bits per heavy atom. The first-order chi connectivity index (χ1) is 5.66. The molecule has 0 saturated heterocycles. The van der Waals surface area contributed by atoms with E-state index >= 15 is 0 Å². The van der Waals surface area contributed by atoms with Crippen molar-refractivity contribution < 1.29 is 9.59 Å². The largest absolute Gasteiger partial charge is 0.271 e. The summed E-state index contributed by atoms with van der Waals surface area (Å²) in [6.45, 7) is 2.15. The van der Waals surface area contributed by atoms with Gasteiger partial charge in [-0.2, -0.15) is 0 Å². The minimum Gasteiger partial charge on any atom is -0.271 e. The fourth-order valence-electron chi connectivity index (χ4n) is 1.11. The normalized spacial score (nSPS) is 19.0. The van der Waals surface area contributed by atoms with Crippen molar-refractivity contribution in [2.24, 2.45) is 5.84 Å². The van der Waals surface area contributed by atoms with E-state index in [9.17, 15) is 9.59 Å². The molecule has 0 aromatic heterocycles. The van der Waals surface area contributed by atoms with Crippen LogP contribution >= 0.6 is 0 Å². The highest BCUT2D eigenvalue weighted by molar-refractivity contribution is 6.13. The Bertz CT molecular complexity index is 219. The Balaban J connectivity index is 2.63. The molecule has 5 heteroatoms. The fourth-order valence-corrected chi connectivity index (χ4v) is 1.11. The summed E-state index contributed by atoms with van der Waals surface area (Å²) in [6, 6.07) is -0.204. The molecule has 0 spiro atoms. The lowest BCUT2D eigenvalue weighted by atomic mass is 10.3. The summed E-state index contributed by atoms with van der Waals surface area (Å²) in [5.41, 5.74) is 2.41. The van der Waals surface area contributed by atoms with E-state index < -0.39 is 0 Å². The van der Waals surface area contributed by atoms with Crippen molar-refractivity contribution in [3.8, 4) is 0 Å². The van der Waals surface area contributed by atoms with Gasteiger partial charge in [-0.1, -0.05) is 0 Å². The van der Waals surface area contributed by atoms with Gasteiger partial charge in [0.25, 0.3) is 11.8 Å². The average Bonchev–Trinajstić information content (AvgIpc) is 2.32. The molecule has 1 aliphatic heterocycles. The van der Waals surface area contributed by atoms with Crippen LogP contribution in [0.4, 0.5) is 0 Å². The van der Waals surface area contributed by atoms with Gasteiger partial charge in [0.15, 0.2) is 0 Å². The van der Waals surface area contributed by atoms with Gasteiger partial charge in [0, 0.05) is 18.7 Å². The molecule has 1 aliphatic rings. The van der Waals surface area contributed by atoms with Crippen molar-refractivity contribution in [2.45, 2.75) is 13.0 Å². The molecule has 1 atom stereocenters. The number of rotatable bonds is 3. The maximum Gasteiger partial charge on any atom is 0.253 e. The van der Waals surface area contributed by atoms with Gasteiger partial charge in [-0.05, 0) is 6.92 Å². The standard InChI is InChI=1S/C7H11N3O2/c1-5(4-9-8)10-6(11)2-3-7(10)12/h2-3,5,9H,4,8H2,1H3. The highest BCUT2D eigenvalue weighted by Gasteiger charge is 2.27. The summed E-state index contributed by atoms with van der Waals surface area (Å²) in [5, 5.41) is 0. The second-order valence-corrected chi connectivity index (χ2v) is 2.64. The number of imide groups is 1. The van der Waals surface area contributed by atoms with Crippen molar-refractivity contribution in [3.05, 3.63) is 12.2 Å². The number of carbonyl (C=O) groups excluding carboxylic acids is 2. The number of hydrogen-bond acceptors (Lipinski definition) is 4. The third-order valence-electron chi connectivity index (χ3n) is 1.70. The first kappa shape index (κ1) is 8.89. The fraction of sp³-hybridized carbons (Fsp3) is 0.429. The number of hydrazine groups is 1. The number of nitrogens with one attached hydrogen (secondary N) is 1. The van der Waals surface area contributed by atoms with Gasteiger partial charge < -0.3 is 0 Å². The van der Waals surface area contributed by atoms with E-state index in [-0.39, 0.29) is 17.9 Å². The monoisotopic (exact) mass is 169 g/mol. The molecule has 0 aromatic rings. The second-order valence-electron chi connectivity index (χ2n) is 2.64. The van der Waals surface area contributed by atoms with Crippen LogP contribution in [0.2, 0.25) is 0 Å². The number of amides is 2. The summed E-state index contributed by atoms with van der Waals surface area (Å²) >= 11 is 0. The van der Waals surface area contributed by atoms with Gasteiger partial charge in [0.05, 0.1) is 6.04 Å². The van der Waals surface area contributed by atoms with Gasteiger partial charge in [0.1, 0.15) is 0 Å². The van der Waals surface area contributed by atoms with Gasteiger partial charge in [-0.3, -0.25) is 25.8 Å². The topological polar surface area (TPSA) is 75.4 Å². The van der Waals surface area contributed by atoms with E-state index in [0.717, 1.165) is 0 Å². The first-order valence-corrected chi connectivity index (χ1v) is 3.65. The Morgan fingerprint density at radius 2 is 2.00 bits per heavy atom. The number of nitrogens with two attached hydrogens (primary N) is 1. The summed E-state index contributed by atoms with van der Waals surface area (Å²) in [5.74, 6) is 4.52. The predicted octanol–water partition coefficient (Wildman–Crippen LogP) is -1.24. The van der Waals surface area contributed by atoms with E-state index in [2.05, 4.69) is 5.43 Å². The van der Waals surface area contributed by atoms with Crippen LogP contribution in [0.5, 0.6) is 0 Å². The number of nitrogens with zero attached hydrogens (tertiary/aromatic N) is 1. The van der Waals surface area contributed by atoms with Gasteiger partial charge in [0.2, 0.25) is 0 Å². The highest BCUT2D eigenvalue weighted by atomic mass is 16.2. The zero-order valence-corrected chi connectivity index (χ0v) is 6.78. The lowest BCUT2D eigenvalue weighted by molar-refractivity contribution is -0.138. The zero-order valence-electron chi connectivity index (χ0n) is 6.78. The maximum absolute atomic E-state index is 11.1. The Labute approximate surface area is 70.2 Å². The molecule has 0 fully saturated rings. The molecular weight excluding hydrogens is 158 g/mol. The van der Waals surface area contributed by atoms with E-state index in [1.54, 1.807) is 6.92 Å². The second kappa shape index (κ2) is 3.46. The molecule has 66 valence electrons. The van der Waals surface area contributed by atoms with Gasteiger partial charge >= 0.3 is 0 Å². The van der Waals surface area contributed by atoms with Crippen LogP contribution in [0.15, 0.2) is 12.2 Å². The third-order valence-corrected chi connectivity index (χ3v) is 1.70. The van der Waals surface area contributed by atoms with Crippen molar-refractivity contribution >= 4 is 11.8 Å². The summed E-state index contributed by atoms with van der Waals surface area (Å²) < 4.78 is 0. The minimum absolute atomic E-state index is 0.204. The average molecular weight is 169 g/mol. The molecule has 1 heterocycles. The van der Waals surface area contributed by atoms with Crippen LogP contribution in [-0.2, 0) is 9.59 Å². The van der Waals surface area contributed by atoms with Crippen molar-refractivity contribution in [1.82, 2.24) is 10.3 Å². The molecule has 0 aromatic carbocycles. The van der Waals surface area contributed by atoms with Crippen LogP contribution < -0.4 is 11.3 Å². The summed E-state index contributed by atoms with van der Waals surface area (Å²) in [7, 11) is 0. The van der Waals surface area contributed by atoms with Crippen LogP contribution in [0, 0.1) is 0 Å². The third kappa shape index (κ3) is 1.51.